The second kappa shape index (κ2) is 6.44. The van der Waals surface area contributed by atoms with Gasteiger partial charge in [0.15, 0.2) is 0 Å². The summed E-state index contributed by atoms with van der Waals surface area (Å²) in [5, 5.41) is 10.9. The molecule has 2 N–H and O–H groups in total. The number of hydrogen-bond donors (Lipinski definition) is 2. The van der Waals surface area contributed by atoms with Crippen LogP contribution in [0.4, 0.5) is 10.5 Å². The summed E-state index contributed by atoms with van der Waals surface area (Å²) in [6.07, 6.45) is 5.91. The molecule has 1 aliphatic carbocycles. The Morgan fingerprint density at radius 2 is 2.05 bits per heavy atom. The first-order valence-corrected chi connectivity index (χ1v) is 8.66. The minimum Gasteiger partial charge on any atom is -0.335 e. The second-order valence-corrected chi connectivity index (χ2v) is 6.65. The fourth-order valence-electron chi connectivity index (χ4n) is 2.58. The normalized spacial score (nSPS) is 20.3. The zero-order valence-electron chi connectivity index (χ0n) is 12.7. The van der Waals surface area contributed by atoms with Gasteiger partial charge in [0.1, 0.15) is 0 Å². The zero-order chi connectivity index (χ0) is 15.5. The van der Waals surface area contributed by atoms with E-state index >= 15 is 0 Å². The Bertz CT molecular complexity index is 649. The number of urea groups is 1. The minimum atomic E-state index is -0.153. The first-order chi connectivity index (χ1) is 10.7. The molecule has 0 aliphatic heterocycles. The number of rotatable bonds is 4. The van der Waals surface area contributed by atoms with Crippen molar-refractivity contribution in [3.05, 3.63) is 42.2 Å². The molecule has 0 spiro atoms. The third-order valence-corrected chi connectivity index (χ3v) is 5.07. The number of thioether (sulfide) groups is 1. The molecule has 116 valence electrons. The van der Waals surface area contributed by atoms with Gasteiger partial charge in [0.25, 0.3) is 0 Å². The van der Waals surface area contributed by atoms with Crippen molar-refractivity contribution in [2.75, 3.05) is 11.6 Å². The van der Waals surface area contributed by atoms with Crippen molar-refractivity contribution >= 4 is 23.5 Å². The summed E-state index contributed by atoms with van der Waals surface area (Å²) in [7, 11) is 0. The number of nitrogens with zero attached hydrogens (tertiary/aromatic N) is 2. The van der Waals surface area contributed by atoms with Gasteiger partial charge < -0.3 is 10.6 Å². The molecule has 0 atom stereocenters. The largest absolute Gasteiger partial charge is 0.335 e. The van der Waals surface area contributed by atoms with E-state index < -0.39 is 0 Å². The molecule has 5 nitrogen and oxygen atoms in total. The van der Waals surface area contributed by atoms with E-state index in [0.29, 0.717) is 11.3 Å². The van der Waals surface area contributed by atoms with E-state index in [1.54, 1.807) is 6.20 Å². The highest BCUT2D eigenvalue weighted by molar-refractivity contribution is 7.99. The molecule has 22 heavy (non-hydrogen) atoms. The highest BCUT2D eigenvalue weighted by Crippen LogP contribution is 2.30. The van der Waals surface area contributed by atoms with Gasteiger partial charge in [0, 0.05) is 11.3 Å². The Morgan fingerprint density at radius 1 is 1.32 bits per heavy atom. The molecule has 0 bridgehead atoms. The lowest BCUT2D eigenvalue weighted by Gasteiger charge is -2.34. The molecule has 2 aromatic rings. The summed E-state index contributed by atoms with van der Waals surface area (Å²) in [6.45, 7) is 1.95. The first kappa shape index (κ1) is 15.0. The molecule has 0 radical (unpaired) electrons. The van der Waals surface area contributed by atoms with Crippen molar-refractivity contribution in [3.63, 3.8) is 0 Å². The molecule has 2 amide bonds. The van der Waals surface area contributed by atoms with Crippen molar-refractivity contribution < 1.29 is 4.79 Å². The molecule has 0 saturated heterocycles. The maximum atomic E-state index is 12.0. The molecule has 1 saturated carbocycles. The van der Waals surface area contributed by atoms with E-state index in [-0.39, 0.29) is 6.03 Å². The summed E-state index contributed by atoms with van der Waals surface area (Å²) in [5.74, 6) is 0. The topological polar surface area (TPSA) is 59.0 Å². The summed E-state index contributed by atoms with van der Waals surface area (Å²) < 4.78 is 1.82. The van der Waals surface area contributed by atoms with Crippen LogP contribution in [-0.2, 0) is 0 Å². The number of hydrogen-bond acceptors (Lipinski definition) is 3. The molecular weight excluding hydrogens is 296 g/mol. The van der Waals surface area contributed by atoms with Crippen LogP contribution >= 0.6 is 11.8 Å². The van der Waals surface area contributed by atoms with Crippen LogP contribution in [-0.4, -0.2) is 33.4 Å². The molecule has 1 aromatic heterocycles. The fraction of sp³-hybridized carbons (Fsp3) is 0.375. The van der Waals surface area contributed by atoms with Crippen LogP contribution in [0.25, 0.3) is 5.69 Å². The monoisotopic (exact) mass is 316 g/mol. The summed E-state index contributed by atoms with van der Waals surface area (Å²) >= 11 is 1.86. The van der Waals surface area contributed by atoms with Gasteiger partial charge >= 0.3 is 6.03 Å². The van der Waals surface area contributed by atoms with Gasteiger partial charge in [-0.3, -0.25) is 0 Å². The van der Waals surface area contributed by atoms with Crippen LogP contribution in [0.15, 0.2) is 36.5 Å². The van der Waals surface area contributed by atoms with Crippen LogP contribution in [0.5, 0.6) is 0 Å². The molecule has 1 aliphatic rings. The summed E-state index contributed by atoms with van der Waals surface area (Å²) in [5.41, 5.74) is 2.63. The van der Waals surface area contributed by atoms with Crippen LogP contribution in [0.1, 0.15) is 18.5 Å². The van der Waals surface area contributed by atoms with Crippen LogP contribution in [0.3, 0.4) is 0 Å². The lowest BCUT2D eigenvalue weighted by atomic mass is 9.92. The van der Waals surface area contributed by atoms with Gasteiger partial charge in [-0.2, -0.15) is 16.9 Å². The van der Waals surface area contributed by atoms with Crippen LogP contribution in [0.2, 0.25) is 0 Å². The Balaban J connectivity index is 1.62. The van der Waals surface area contributed by atoms with E-state index in [1.807, 2.05) is 53.7 Å². The Morgan fingerprint density at radius 3 is 2.73 bits per heavy atom. The summed E-state index contributed by atoms with van der Waals surface area (Å²) in [6, 6.07) is 10.0. The molecule has 1 heterocycles. The molecule has 1 fully saturated rings. The van der Waals surface area contributed by atoms with Gasteiger partial charge in [-0.1, -0.05) is 18.2 Å². The number of anilines is 1. The van der Waals surface area contributed by atoms with Crippen molar-refractivity contribution in [2.24, 2.45) is 0 Å². The second-order valence-electron chi connectivity index (χ2n) is 5.52. The van der Waals surface area contributed by atoms with Gasteiger partial charge in [0.05, 0.1) is 23.3 Å². The average Bonchev–Trinajstić information content (AvgIpc) is 2.84. The zero-order valence-corrected chi connectivity index (χ0v) is 13.6. The highest BCUT2D eigenvalue weighted by atomic mass is 32.2. The quantitative estimate of drug-likeness (QED) is 0.910. The van der Waals surface area contributed by atoms with Gasteiger partial charge in [-0.25, -0.2) is 9.48 Å². The average molecular weight is 316 g/mol. The lowest BCUT2D eigenvalue weighted by molar-refractivity contribution is 0.241. The standard InChI is InChI=1S/C16H20N4OS/c1-11-15(10-17-20(11)13-6-4-3-5-7-13)19-16(21)18-12-8-14(9-12)22-2/h3-7,10,12,14H,8-9H2,1-2H3,(H2,18,19,21). The predicted octanol–water partition coefficient (Wildman–Crippen LogP) is 3.20. The Kier molecular flexibility index (Phi) is 4.38. The van der Waals surface area contributed by atoms with Crippen LogP contribution in [0, 0.1) is 6.92 Å². The van der Waals surface area contributed by atoms with Gasteiger partial charge in [-0.05, 0) is 38.2 Å². The molecule has 0 unspecified atom stereocenters. The number of aromatic nitrogens is 2. The van der Waals surface area contributed by atoms with E-state index in [9.17, 15) is 4.79 Å². The number of carbonyl (C=O) groups excluding carboxylic acids is 1. The number of carbonyl (C=O) groups is 1. The van der Waals surface area contributed by atoms with E-state index in [4.69, 9.17) is 0 Å². The number of benzene rings is 1. The smallest absolute Gasteiger partial charge is 0.319 e. The van der Waals surface area contributed by atoms with Crippen molar-refractivity contribution in [1.29, 1.82) is 0 Å². The van der Waals surface area contributed by atoms with Crippen molar-refractivity contribution in [1.82, 2.24) is 15.1 Å². The molecular formula is C16H20N4OS. The van der Waals surface area contributed by atoms with Crippen molar-refractivity contribution in [2.45, 2.75) is 31.1 Å². The Labute approximate surface area is 134 Å². The minimum absolute atomic E-state index is 0.153. The number of amides is 2. The molecule has 6 heteroatoms. The molecule has 3 rings (SSSR count). The first-order valence-electron chi connectivity index (χ1n) is 7.37. The number of nitrogens with one attached hydrogen (secondary N) is 2. The maximum absolute atomic E-state index is 12.0. The predicted molar refractivity (Wildman–Crippen MR) is 90.8 cm³/mol. The van der Waals surface area contributed by atoms with Crippen molar-refractivity contribution in [3.8, 4) is 5.69 Å². The van der Waals surface area contributed by atoms with Crippen LogP contribution < -0.4 is 10.6 Å². The summed E-state index contributed by atoms with van der Waals surface area (Å²) in [4.78, 5) is 12.0. The molecule has 1 aromatic carbocycles. The fourth-order valence-corrected chi connectivity index (χ4v) is 3.43. The third-order valence-electron chi connectivity index (χ3n) is 4.02. The van der Waals surface area contributed by atoms with Gasteiger partial charge in [-0.15, -0.1) is 0 Å². The van der Waals surface area contributed by atoms with E-state index in [0.717, 1.165) is 29.9 Å². The van der Waals surface area contributed by atoms with E-state index in [2.05, 4.69) is 22.0 Å². The SMILES string of the molecule is CSC1CC(NC(=O)Nc2cnn(-c3ccccc3)c2C)C1. The lowest BCUT2D eigenvalue weighted by Crippen LogP contribution is -2.47. The maximum Gasteiger partial charge on any atom is 0.319 e. The van der Waals surface area contributed by atoms with E-state index in [1.165, 1.54) is 0 Å². The Hall–Kier alpha value is -1.95. The third kappa shape index (κ3) is 3.11. The number of para-hydroxylation sites is 1. The van der Waals surface area contributed by atoms with Gasteiger partial charge in [0.2, 0.25) is 0 Å². The highest BCUT2D eigenvalue weighted by Gasteiger charge is 2.29.